The lowest BCUT2D eigenvalue weighted by Crippen LogP contribution is -2.51. The van der Waals surface area contributed by atoms with Gasteiger partial charge in [-0.05, 0) is 19.4 Å². The van der Waals surface area contributed by atoms with Crippen molar-refractivity contribution in [3.8, 4) is 0 Å². The molecule has 1 fully saturated rings. The number of amides is 2. The van der Waals surface area contributed by atoms with Gasteiger partial charge in [0.1, 0.15) is 0 Å². The Morgan fingerprint density at radius 3 is 2.50 bits per heavy atom. The topological polar surface area (TPSA) is 74.7 Å². The summed E-state index contributed by atoms with van der Waals surface area (Å²) in [6.07, 6.45) is 0.901. The Kier molecular flexibility index (Phi) is 6.14. The number of nitrogens with one attached hydrogen (secondary N) is 1. The van der Waals surface area contributed by atoms with E-state index in [1.54, 1.807) is 16.5 Å². The van der Waals surface area contributed by atoms with Crippen molar-refractivity contribution in [3.05, 3.63) is 46.2 Å². The van der Waals surface area contributed by atoms with Crippen molar-refractivity contribution in [1.29, 1.82) is 0 Å². The SMILES string of the molecule is CCC(C)NC(=O)CN1CCN(C(=O)c2cc(=O)n(C)c3ccccc23)CC1. The summed E-state index contributed by atoms with van der Waals surface area (Å²) in [6.45, 7) is 6.74. The third kappa shape index (κ3) is 4.25. The predicted molar refractivity (Wildman–Crippen MR) is 109 cm³/mol. The molecule has 0 aliphatic carbocycles. The lowest BCUT2D eigenvalue weighted by atomic mass is 10.1. The van der Waals surface area contributed by atoms with Crippen LogP contribution >= 0.6 is 0 Å². The van der Waals surface area contributed by atoms with E-state index in [1.807, 2.05) is 38.1 Å². The Morgan fingerprint density at radius 1 is 1.14 bits per heavy atom. The van der Waals surface area contributed by atoms with Gasteiger partial charge in [0.15, 0.2) is 0 Å². The maximum Gasteiger partial charge on any atom is 0.254 e. The van der Waals surface area contributed by atoms with Crippen molar-refractivity contribution in [2.24, 2.45) is 7.05 Å². The number of hydrogen-bond donors (Lipinski definition) is 1. The summed E-state index contributed by atoms with van der Waals surface area (Å²) in [5, 5.41) is 3.75. The monoisotopic (exact) mass is 384 g/mol. The molecule has 2 amide bonds. The zero-order valence-corrected chi connectivity index (χ0v) is 16.8. The molecule has 7 heteroatoms. The number of aryl methyl sites for hydroxylation is 1. The van der Waals surface area contributed by atoms with E-state index in [9.17, 15) is 14.4 Å². The minimum Gasteiger partial charge on any atom is -0.353 e. The molecule has 2 aromatic rings. The zero-order valence-electron chi connectivity index (χ0n) is 16.8. The molecular formula is C21H28N4O3. The van der Waals surface area contributed by atoms with E-state index in [0.29, 0.717) is 38.3 Å². The van der Waals surface area contributed by atoms with Crippen LogP contribution in [-0.4, -0.2) is 64.9 Å². The Hall–Kier alpha value is -2.67. The van der Waals surface area contributed by atoms with Gasteiger partial charge in [-0.15, -0.1) is 0 Å². The summed E-state index contributed by atoms with van der Waals surface area (Å²) in [7, 11) is 1.71. The smallest absolute Gasteiger partial charge is 0.254 e. The van der Waals surface area contributed by atoms with Gasteiger partial charge in [0.25, 0.3) is 11.5 Å². The van der Waals surface area contributed by atoms with E-state index in [0.717, 1.165) is 17.3 Å². The van der Waals surface area contributed by atoms with Crippen LogP contribution in [0.4, 0.5) is 0 Å². The maximum atomic E-state index is 13.1. The second-order valence-electron chi connectivity index (χ2n) is 7.42. The molecule has 0 saturated carbocycles. The molecule has 150 valence electrons. The Bertz CT molecular complexity index is 929. The summed E-state index contributed by atoms with van der Waals surface area (Å²) in [5.41, 5.74) is 1.00. The molecule has 0 radical (unpaired) electrons. The number of benzene rings is 1. The molecule has 28 heavy (non-hydrogen) atoms. The minimum atomic E-state index is -0.192. The molecule has 0 spiro atoms. The van der Waals surface area contributed by atoms with Gasteiger partial charge in [-0.25, -0.2) is 0 Å². The molecule has 1 saturated heterocycles. The van der Waals surface area contributed by atoms with Gasteiger partial charge >= 0.3 is 0 Å². The van der Waals surface area contributed by atoms with Crippen LogP contribution in [0.1, 0.15) is 30.6 Å². The predicted octanol–water partition coefficient (Wildman–Crippen LogP) is 1.21. The number of carbonyl (C=O) groups excluding carboxylic acids is 2. The highest BCUT2D eigenvalue weighted by molar-refractivity contribution is 6.06. The molecule has 1 aromatic carbocycles. The lowest BCUT2D eigenvalue weighted by Gasteiger charge is -2.34. The standard InChI is InChI=1S/C21H28N4O3/c1-4-15(2)22-19(26)14-24-9-11-25(12-10-24)21(28)17-13-20(27)23(3)18-8-6-5-7-16(17)18/h5-8,13,15H,4,9-12,14H2,1-3H3,(H,22,26). The third-order valence-electron chi connectivity index (χ3n) is 5.43. The largest absolute Gasteiger partial charge is 0.353 e. The molecule has 1 aliphatic rings. The fourth-order valence-corrected chi connectivity index (χ4v) is 3.49. The van der Waals surface area contributed by atoms with Crippen LogP contribution in [0.3, 0.4) is 0 Å². The van der Waals surface area contributed by atoms with Crippen LogP contribution in [-0.2, 0) is 11.8 Å². The van der Waals surface area contributed by atoms with E-state index >= 15 is 0 Å². The van der Waals surface area contributed by atoms with Gasteiger partial charge < -0.3 is 14.8 Å². The average molecular weight is 384 g/mol. The molecule has 1 unspecified atom stereocenters. The van der Waals surface area contributed by atoms with Crippen LogP contribution in [0, 0.1) is 0 Å². The molecule has 1 atom stereocenters. The van der Waals surface area contributed by atoms with E-state index in [-0.39, 0.29) is 23.4 Å². The highest BCUT2D eigenvalue weighted by atomic mass is 16.2. The van der Waals surface area contributed by atoms with Crippen molar-refractivity contribution in [1.82, 2.24) is 19.7 Å². The van der Waals surface area contributed by atoms with Crippen LogP contribution in [0.2, 0.25) is 0 Å². The van der Waals surface area contributed by atoms with E-state index in [2.05, 4.69) is 10.2 Å². The van der Waals surface area contributed by atoms with Gasteiger partial charge in [0.05, 0.1) is 17.6 Å². The lowest BCUT2D eigenvalue weighted by molar-refractivity contribution is -0.123. The first kappa shape index (κ1) is 20.1. The minimum absolute atomic E-state index is 0.0201. The van der Waals surface area contributed by atoms with Gasteiger partial charge in [-0.3, -0.25) is 19.3 Å². The molecule has 2 heterocycles. The van der Waals surface area contributed by atoms with Crippen LogP contribution in [0.15, 0.2) is 35.1 Å². The number of hydrogen-bond acceptors (Lipinski definition) is 4. The first-order valence-corrected chi connectivity index (χ1v) is 9.80. The van der Waals surface area contributed by atoms with Crippen molar-refractivity contribution in [2.45, 2.75) is 26.3 Å². The van der Waals surface area contributed by atoms with Gasteiger partial charge in [0, 0.05) is 50.7 Å². The van der Waals surface area contributed by atoms with Crippen LogP contribution in [0.25, 0.3) is 10.9 Å². The van der Waals surface area contributed by atoms with Crippen molar-refractivity contribution in [2.75, 3.05) is 32.7 Å². The Morgan fingerprint density at radius 2 is 1.82 bits per heavy atom. The molecule has 1 N–H and O–H groups in total. The highest BCUT2D eigenvalue weighted by Crippen LogP contribution is 2.18. The molecule has 7 nitrogen and oxygen atoms in total. The number of pyridine rings is 1. The van der Waals surface area contributed by atoms with E-state index in [1.165, 1.54) is 6.07 Å². The maximum absolute atomic E-state index is 13.1. The summed E-state index contributed by atoms with van der Waals surface area (Å²) < 4.78 is 1.56. The number of fused-ring (bicyclic) bond motifs is 1. The second-order valence-corrected chi connectivity index (χ2v) is 7.42. The molecular weight excluding hydrogens is 356 g/mol. The zero-order chi connectivity index (χ0) is 20.3. The first-order chi connectivity index (χ1) is 13.4. The second kappa shape index (κ2) is 8.56. The number of piperazine rings is 1. The Labute approximate surface area is 164 Å². The third-order valence-corrected chi connectivity index (χ3v) is 5.43. The molecule has 1 aromatic heterocycles. The fourth-order valence-electron chi connectivity index (χ4n) is 3.49. The van der Waals surface area contributed by atoms with Crippen molar-refractivity contribution in [3.63, 3.8) is 0 Å². The molecule has 1 aliphatic heterocycles. The van der Waals surface area contributed by atoms with Crippen molar-refractivity contribution >= 4 is 22.7 Å². The summed E-state index contributed by atoms with van der Waals surface area (Å²) >= 11 is 0. The number of carbonyl (C=O) groups is 2. The average Bonchev–Trinajstić information content (AvgIpc) is 2.70. The number of nitrogens with zero attached hydrogens (tertiary/aromatic N) is 3. The van der Waals surface area contributed by atoms with Gasteiger partial charge in [-0.1, -0.05) is 25.1 Å². The summed E-state index contributed by atoms with van der Waals surface area (Å²) in [4.78, 5) is 41.2. The molecule has 3 rings (SSSR count). The molecule has 0 bridgehead atoms. The van der Waals surface area contributed by atoms with Gasteiger partial charge in [-0.2, -0.15) is 0 Å². The summed E-state index contributed by atoms with van der Waals surface area (Å²) in [6, 6.07) is 9.05. The van der Waals surface area contributed by atoms with Gasteiger partial charge in [0.2, 0.25) is 5.91 Å². The van der Waals surface area contributed by atoms with E-state index < -0.39 is 0 Å². The quantitative estimate of drug-likeness (QED) is 0.841. The van der Waals surface area contributed by atoms with E-state index in [4.69, 9.17) is 0 Å². The first-order valence-electron chi connectivity index (χ1n) is 9.80. The number of aromatic nitrogens is 1. The Balaban J connectivity index is 1.68. The van der Waals surface area contributed by atoms with Crippen LogP contribution in [0.5, 0.6) is 0 Å². The number of rotatable bonds is 5. The highest BCUT2D eigenvalue weighted by Gasteiger charge is 2.25. The number of para-hydroxylation sites is 1. The van der Waals surface area contributed by atoms with Crippen molar-refractivity contribution < 1.29 is 9.59 Å². The summed E-state index contributed by atoms with van der Waals surface area (Å²) in [5.74, 6) is -0.107. The normalized spacial score (nSPS) is 16.2. The van der Waals surface area contributed by atoms with Crippen LogP contribution < -0.4 is 10.9 Å². The fraction of sp³-hybridized carbons (Fsp3) is 0.476.